The van der Waals surface area contributed by atoms with Gasteiger partial charge in [0.15, 0.2) is 0 Å². The number of fused-ring (bicyclic) bond motifs is 1. The number of anilines is 1. The Kier molecular flexibility index (Phi) is 3.58. The zero-order valence-electron chi connectivity index (χ0n) is 10.8. The van der Waals surface area contributed by atoms with Crippen LogP contribution in [0.3, 0.4) is 0 Å². The van der Waals surface area contributed by atoms with E-state index in [4.69, 9.17) is 0 Å². The molecular formula is C12H12N6OSe. The summed E-state index contributed by atoms with van der Waals surface area (Å²) in [7, 11) is 0. The molecule has 0 saturated carbocycles. The standard InChI is InChI=1S/C12H12N6OSe/c1-2-4-9-14-11(16-15-9)12(19)13-7-5-3-6-8-10(7)18-20-17-8/h3,5-6H,2,4H2,1H3,(H,13,19)(H,14,15,16). The fraction of sp³-hybridized carbons (Fsp3) is 0.250. The molecule has 1 amide bonds. The van der Waals surface area contributed by atoms with Gasteiger partial charge in [0.05, 0.1) is 0 Å². The minimum atomic E-state index is -0.341. The molecule has 1 aromatic carbocycles. The van der Waals surface area contributed by atoms with E-state index < -0.39 is 0 Å². The third-order valence-corrected chi connectivity index (χ3v) is 3.89. The number of hydrogen-bond acceptors (Lipinski definition) is 5. The molecule has 2 aromatic rings. The van der Waals surface area contributed by atoms with Crippen LogP contribution in [0.5, 0.6) is 0 Å². The zero-order chi connectivity index (χ0) is 13.9. The van der Waals surface area contributed by atoms with Crippen LogP contribution in [-0.4, -0.2) is 35.7 Å². The fourth-order valence-electron chi connectivity index (χ4n) is 1.83. The molecule has 2 heterocycles. The predicted octanol–water partition coefficient (Wildman–Crippen LogP) is 2.36. The summed E-state index contributed by atoms with van der Waals surface area (Å²) < 4.78 is 8.59. The van der Waals surface area contributed by atoms with E-state index in [0.29, 0.717) is 5.69 Å². The molecule has 7 nitrogen and oxygen atoms in total. The summed E-state index contributed by atoms with van der Waals surface area (Å²) in [5.74, 6) is 0.525. The van der Waals surface area contributed by atoms with Gasteiger partial charge < -0.3 is 0 Å². The number of carbonyl (C=O) groups excluding carboxylic acids is 1. The van der Waals surface area contributed by atoms with Crippen molar-refractivity contribution in [3.05, 3.63) is 29.8 Å². The SMILES string of the molecule is CCCc1nc(C(=O)Nc2cccc3c2N=[Se]=N3)n[nH]1. The van der Waals surface area contributed by atoms with E-state index >= 15 is 0 Å². The van der Waals surface area contributed by atoms with Gasteiger partial charge in [0.1, 0.15) is 0 Å². The van der Waals surface area contributed by atoms with Gasteiger partial charge in [-0.25, -0.2) is 0 Å². The van der Waals surface area contributed by atoms with Crippen LogP contribution in [0.25, 0.3) is 0 Å². The molecule has 0 bridgehead atoms. The van der Waals surface area contributed by atoms with Crippen LogP contribution in [0.15, 0.2) is 26.1 Å². The second-order valence-electron chi connectivity index (χ2n) is 4.25. The summed E-state index contributed by atoms with van der Waals surface area (Å²) >= 11 is -0.123. The van der Waals surface area contributed by atoms with Crippen LogP contribution in [0.4, 0.5) is 17.1 Å². The molecule has 1 aromatic heterocycles. The Morgan fingerprint density at radius 2 is 2.30 bits per heavy atom. The Hall–Kier alpha value is -2.05. The van der Waals surface area contributed by atoms with Crippen molar-refractivity contribution < 1.29 is 4.79 Å². The van der Waals surface area contributed by atoms with Crippen molar-refractivity contribution in [3.63, 3.8) is 0 Å². The summed E-state index contributed by atoms with van der Waals surface area (Å²) in [6, 6.07) is 5.53. The number of aryl methyl sites for hydroxylation is 1. The second-order valence-corrected chi connectivity index (χ2v) is 5.36. The minimum absolute atomic E-state index is 0.123. The molecule has 0 unspecified atom stereocenters. The van der Waals surface area contributed by atoms with Gasteiger partial charge in [-0.2, -0.15) is 0 Å². The third-order valence-electron chi connectivity index (χ3n) is 2.76. The van der Waals surface area contributed by atoms with E-state index in [0.717, 1.165) is 30.0 Å². The van der Waals surface area contributed by atoms with Gasteiger partial charge in [-0.1, -0.05) is 0 Å². The number of amides is 1. The van der Waals surface area contributed by atoms with Crippen molar-refractivity contribution in [2.45, 2.75) is 19.8 Å². The Balaban J connectivity index is 1.79. The maximum absolute atomic E-state index is 12.1. The number of hydrogen-bond donors (Lipinski definition) is 2. The first-order chi connectivity index (χ1) is 9.78. The molecule has 0 spiro atoms. The van der Waals surface area contributed by atoms with Crippen molar-refractivity contribution in [1.82, 2.24) is 15.2 Å². The Morgan fingerprint density at radius 1 is 1.40 bits per heavy atom. The van der Waals surface area contributed by atoms with Crippen molar-refractivity contribution in [2.75, 3.05) is 5.32 Å². The summed E-state index contributed by atoms with van der Waals surface area (Å²) in [6.45, 7) is 2.04. The topological polar surface area (TPSA) is 95.4 Å². The van der Waals surface area contributed by atoms with E-state index in [1.807, 2.05) is 19.1 Å². The maximum atomic E-state index is 12.1. The average molecular weight is 335 g/mol. The van der Waals surface area contributed by atoms with Crippen LogP contribution < -0.4 is 5.32 Å². The van der Waals surface area contributed by atoms with Crippen LogP contribution in [0.2, 0.25) is 0 Å². The average Bonchev–Trinajstić information content (AvgIpc) is 3.08. The van der Waals surface area contributed by atoms with Gasteiger partial charge in [-0.3, -0.25) is 0 Å². The number of nitrogens with one attached hydrogen (secondary N) is 2. The Morgan fingerprint density at radius 3 is 3.15 bits per heavy atom. The van der Waals surface area contributed by atoms with Gasteiger partial charge in [0.2, 0.25) is 0 Å². The summed E-state index contributed by atoms with van der Waals surface area (Å²) in [4.78, 5) is 16.3. The first kappa shape index (κ1) is 13.0. The van der Waals surface area contributed by atoms with Gasteiger partial charge in [0, 0.05) is 0 Å². The number of aromatic amines is 1. The van der Waals surface area contributed by atoms with Gasteiger partial charge >= 0.3 is 120 Å². The monoisotopic (exact) mass is 336 g/mol. The number of H-pyrrole nitrogens is 1. The van der Waals surface area contributed by atoms with Crippen molar-refractivity contribution >= 4 is 37.5 Å². The number of aromatic nitrogens is 3. The van der Waals surface area contributed by atoms with E-state index in [1.165, 1.54) is 0 Å². The molecule has 0 saturated heterocycles. The molecule has 8 heteroatoms. The van der Waals surface area contributed by atoms with Crippen molar-refractivity contribution in [1.29, 1.82) is 0 Å². The number of carbonyl (C=O) groups is 1. The summed E-state index contributed by atoms with van der Waals surface area (Å²) in [5, 5.41) is 9.48. The van der Waals surface area contributed by atoms with E-state index in [-0.39, 0.29) is 26.3 Å². The van der Waals surface area contributed by atoms with E-state index in [2.05, 4.69) is 28.4 Å². The van der Waals surface area contributed by atoms with Crippen LogP contribution in [0, 0.1) is 0 Å². The first-order valence-corrected chi connectivity index (χ1v) is 7.75. The normalized spacial score (nSPS) is 12.1. The van der Waals surface area contributed by atoms with E-state index in [1.54, 1.807) is 6.07 Å². The number of benzene rings is 1. The molecule has 20 heavy (non-hydrogen) atoms. The van der Waals surface area contributed by atoms with Gasteiger partial charge in [0.25, 0.3) is 0 Å². The zero-order valence-corrected chi connectivity index (χ0v) is 12.5. The molecule has 3 rings (SSSR count). The first-order valence-electron chi connectivity index (χ1n) is 6.22. The van der Waals surface area contributed by atoms with Crippen LogP contribution >= 0.6 is 0 Å². The van der Waals surface area contributed by atoms with Crippen molar-refractivity contribution in [3.8, 4) is 0 Å². The number of rotatable bonds is 4. The predicted molar refractivity (Wildman–Crippen MR) is 74.7 cm³/mol. The molecule has 102 valence electrons. The molecular weight excluding hydrogens is 323 g/mol. The number of nitrogens with zero attached hydrogens (tertiary/aromatic N) is 4. The molecule has 2 N–H and O–H groups in total. The molecule has 0 fully saturated rings. The molecule has 1 aliphatic heterocycles. The molecule has 0 atom stereocenters. The molecule has 0 aliphatic carbocycles. The van der Waals surface area contributed by atoms with Crippen LogP contribution in [-0.2, 0) is 6.42 Å². The van der Waals surface area contributed by atoms with Gasteiger partial charge in [-0.15, -0.1) is 0 Å². The fourth-order valence-corrected chi connectivity index (χ4v) is 2.98. The van der Waals surface area contributed by atoms with Gasteiger partial charge in [-0.05, 0) is 0 Å². The summed E-state index contributed by atoms with van der Waals surface area (Å²) in [5.41, 5.74) is 2.21. The summed E-state index contributed by atoms with van der Waals surface area (Å²) in [6.07, 6.45) is 1.72. The molecule has 1 aliphatic rings. The Labute approximate surface area is 121 Å². The van der Waals surface area contributed by atoms with E-state index in [9.17, 15) is 4.79 Å². The quantitative estimate of drug-likeness (QED) is 0.717. The third kappa shape index (κ3) is 2.48. The Bertz CT molecular complexity index is 731. The van der Waals surface area contributed by atoms with Crippen molar-refractivity contribution in [2.24, 2.45) is 7.92 Å². The van der Waals surface area contributed by atoms with Crippen LogP contribution in [0.1, 0.15) is 29.8 Å². The second kappa shape index (κ2) is 5.52. The molecule has 0 radical (unpaired) electrons.